The highest BCUT2D eigenvalue weighted by molar-refractivity contribution is 6.06. The molecule has 7 heteroatoms. The number of carbonyl (C=O) groups excluding carboxylic acids is 2. The van der Waals surface area contributed by atoms with Crippen LogP contribution < -0.4 is 5.73 Å². The van der Waals surface area contributed by atoms with Crippen LogP contribution in [-0.2, 0) is 9.47 Å². The second kappa shape index (κ2) is 11.7. The molecule has 0 aromatic heterocycles. The molecule has 0 saturated carbocycles. The van der Waals surface area contributed by atoms with Crippen molar-refractivity contribution in [2.75, 3.05) is 38.6 Å². The molecule has 2 N–H and O–H groups in total. The van der Waals surface area contributed by atoms with Gasteiger partial charge in [0.1, 0.15) is 6.61 Å². The van der Waals surface area contributed by atoms with E-state index in [0.717, 1.165) is 13.1 Å². The summed E-state index contributed by atoms with van der Waals surface area (Å²) in [5.74, 6) is -1.16. The zero-order chi connectivity index (χ0) is 17.2. The van der Waals surface area contributed by atoms with Crippen LogP contribution in [0.15, 0.2) is 18.2 Å². The molecule has 0 aliphatic carbocycles. The Morgan fingerprint density at radius 3 is 2.25 bits per heavy atom. The van der Waals surface area contributed by atoms with E-state index in [1.165, 1.54) is 6.07 Å². The summed E-state index contributed by atoms with van der Waals surface area (Å²) in [4.78, 5) is 26.5. The maximum absolute atomic E-state index is 12.3. The van der Waals surface area contributed by atoms with Crippen LogP contribution in [0, 0.1) is 0 Å². The Labute approximate surface area is 149 Å². The minimum Gasteiger partial charge on any atom is -0.462 e. The van der Waals surface area contributed by atoms with Crippen molar-refractivity contribution in [3.8, 4) is 0 Å². The van der Waals surface area contributed by atoms with Gasteiger partial charge in [0.25, 0.3) is 0 Å². The van der Waals surface area contributed by atoms with E-state index in [9.17, 15) is 9.59 Å². The first-order valence-corrected chi connectivity index (χ1v) is 8.00. The molecule has 136 valence electrons. The SMILES string of the molecule is CCCOC(=O)c1c(N)cccc1C(=O)OCCN(CC)CC.Cl. The third-order valence-corrected chi connectivity index (χ3v) is 3.49. The van der Waals surface area contributed by atoms with Crippen LogP contribution in [0.2, 0.25) is 0 Å². The lowest BCUT2D eigenvalue weighted by molar-refractivity contribution is 0.0436. The molecule has 0 unspecified atom stereocenters. The van der Waals surface area contributed by atoms with Gasteiger partial charge in [-0.1, -0.05) is 26.8 Å². The Bertz CT molecular complexity index is 533. The Kier molecular flexibility index (Phi) is 10.8. The number of nitrogen functional groups attached to an aromatic ring is 1. The molecule has 0 spiro atoms. The number of rotatable bonds is 9. The van der Waals surface area contributed by atoms with E-state index in [2.05, 4.69) is 4.90 Å². The number of esters is 2. The summed E-state index contributed by atoms with van der Waals surface area (Å²) in [5, 5.41) is 0. The number of hydrogen-bond donors (Lipinski definition) is 1. The van der Waals surface area contributed by atoms with Crippen molar-refractivity contribution < 1.29 is 19.1 Å². The highest BCUT2D eigenvalue weighted by atomic mass is 35.5. The number of nitrogens with two attached hydrogens (primary N) is 1. The van der Waals surface area contributed by atoms with E-state index >= 15 is 0 Å². The summed E-state index contributed by atoms with van der Waals surface area (Å²) in [6, 6.07) is 4.71. The molecule has 0 heterocycles. The van der Waals surface area contributed by atoms with E-state index in [1.54, 1.807) is 12.1 Å². The van der Waals surface area contributed by atoms with E-state index in [4.69, 9.17) is 15.2 Å². The lowest BCUT2D eigenvalue weighted by atomic mass is 10.1. The van der Waals surface area contributed by atoms with Crippen molar-refractivity contribution in [3.63, 3.8) is 0 Å². The van der Waals surface area contributed by atoms with Crippen LogP contribution in [-0.4, -0.2) is 49.7 Å². The highest BCUT2D eigenvalue weighted by Crippen LogP contribution is 2.19. The summed E-state index contributed by atoms with van der Waals surface area (Å²) in [6.07, 6.45) is 0.697. The van der Waals surface area contributed by atoms with Crippen LogP contribution in [0.25, 0.3) is 0 Å². The smallest absolute Gasteiger partial charge is 0.341 e. The van der Waals surface area contributed by atoms with Crippen LogP contribution in [0.5, 0.6) is 0 Å². The number of carbonyl (C=O) groups is 2. The maximum atomic E-state index is 12.3. The summed E-state index contributed by atoms with van der Waals surface area (Å²) in [6.45, 7) is 8.96. The fourth-order valence-corrected chi connectivity index (χ4v) is 2.12. The van der Waals surface area contributed by atoms with Gasteiger partial charge in [0, 0.05) is 12.2 Å². The number of hydrogen-bond acceptors (Lipinski definition) is 6. The molecule has 0 saturated heterocycles. The Morgan fingerprint density at radius 2 is 1.67 bits per heavy atom. The molecule has 1 rings (SSSR count). The van der Waals surface area contributed by atoms with Gasteiger partial charge in [-0.3, -0.25) is 0 Å². The molecule has 24 heavy (non-hydrogen) atoms. The second-order valence-corrected chi connectivity index (χ2v) is 5.07. The van der Waals surface area contributed by atoms with Crippen molar-refractivity contribution in [2.24, 2.45) is 0 Å². The van der Waals surface area contributed by atoms with Gasteiger partial charge in [-0.15, -0.1) is 12.4 Å². The summed E-state index contributed by atoms with van der Waals surface area (Å²) >= 11 is 0. The molecule has 6 nitrogen and oxygen atoms in total. The second-order valence-electron chi connectivity index (χ2n) is 5.07. The largest absolute Gasteiger partial charge is 0.462 e. The first kappa shape index (κ1) is 22.2. The zero-order valence-corrected chi connectivity index (χ0v) is 15.4. The molecule has 0 radical (unpaired) electrons. The molecular formula is C17H27ClN2O4. The minimum absolute atomic E-state index is 0. The van der Waals surface area contributed by atoms with Gasteiger partial charge in [0.15, 0.2) is 0 Å². The number of nitrogens with zero attached hydrogens (tertiary/aromatic N) is 1. The fraction of sp³-hybridized carbons (Fsp3) is 0.529. The average molecular weight is 359 g/mol. The lowest BCUT2D eigenvalue weighted by Crippen LogP contribution is -2.28. The first-order valence-electron chi connectivity index (χ1n) is 8.00. The molecule has 0 amide bonds. The van der Waals surface area contributed by atoms with Crippen LogP contribution >= 0.6 is 12.4 Å². The topological polar surface area (TPSA) is 81.9 Å². The Hall–Kier alpha value is -1.79. The molecule has 0 aliphatic rings. The normalized spacial score (nSPS) is 10.2. The number of anilines is 1. The van der Waals surface area contributed by atoms with Crippen LogP contribution in [0.1, 0.15) is 47.9 Å². The van der Waals surface area contributed by atoms with Gasteiger partial charge in [0.05, 0.1) is 17.7 Å². The average Bonchev–Trinajstić information content (AvgIpc) is 2.56. The monoisotopic (exact) mass is 358 g/mol. The third-order valence-electron chi connectivity index (χ3n) is 3.49. The van der Waals surface area contributed by atoms with E-state index < -0.39 is 11.9 Å². The predicted molar refractivity (Wildman–Crippen MR) is 96.7 cm³/mol. The standard InChI is InChI=1S/C17H26N2O4.ClH/c1-4-11-22-17(21)15-13(8-7-9-14(15)18)16(20)23-12-10-19(5-2)6-3;/h7-9H,4-6,10-12,18H2,1-3H3;1H. The van der Waals surface area contributed by atoms with Crippen molar-refractivity contribution in [3.05, 3.63) is 29.3 Å². The molecule has 0 fully saturated rings. The lowest BCUT2D eigenvalue weighted by Gasteiger charge is -2.18. The molecular weight excluding hydrogens is 332 g/mol. The number of ether oxygens (including phenoxy) is 2. The third kappa shape index (κ3) is 6.37. The Balaban J connectivity index is 0.00000529. The maximum Gasteiger partial charge on any atom is 0.341 e. The van der Waals surface area contributed by atoms with Gasteiger partial charge in [-0.25, -0.2) is 9.59 Å². The Morgan fingerprint density at radius 1 is 1.04 bits per heavy atom. The van der Waals surface area contributed by atoms with E-state index in [-0.39, 0.29) is 42.4 Å². The minimum atomic E-state index is -0.597. The van der Waals surface area contributed by atoms with Gasteiger partial charge < -0.3 is 20.1 Å². The molecule has 0 aliphatic heterocycles. The molecule has 0 atom stereocenters. The van der Waals surface area contributed by atoms with Crippen molar-refractivity contribution in [1.29, 1.82) is 0 Å². The first-order chi connectivity index (χ1) is 11.0. The van der Waals surface area contributed by atoms with Gasteiger partial charge in [-0.05, 0) is 31.6 Å². The summed E-state index contributed by atoms with van der Waals surface area (Å²) < 4.78 is 10.4. The van der Waals surface area contributed by atoms with Gasteiger partial charge >= 0.3 is 11.9 Å². The highest BCUT2D eigenvalue weighted by Gasteiger charge is 2.22. The predicted octanol–water partition coefficient (Wildman–Crippen LogP) is 2.76. The van der Waals surface area contributed by atoms with E-state index in [0.29, 0.717) is 13.0 Å². The quantitative estimate of drug-likeness (QED) is 0.540. The summed E-state index contributed by atoms with van der Waals surface area (Å²) in [5.41, 5.74) is 6.27. The molecule has 1 aromatic carbocycles. The fourth-order valence-electron chi connectivity index (χ4n) is 2.12. The van der Waals surface area contributed by atoms with Crippen LogP contribution in [0.3, 0.4) is 0 Å². The van der Waals surface area contributed by atoms with Crippen molar-refractivity contribution in [2.45, 2.75) is 27.2 Å². The number of likely N-dealkylation sites (N-methyl/N-ethyl adjacent to an activating group) is 1. The van der Waals surface area contributed by atoms with E-state index in [1.807, 2.05) is 20.8 Å². The summed E-state index contributed by atoms with van der Waals surface area (Å²) in [7, 11) is 0. The van der Waals surface area contributed by atoms with Crippen molar-refractivity contribution in [1.82, 2.24) is 4.90 Å². The van der Waals surface area contributed by atoms with Crippen LogP contribution in [0.4, 0.5) is 5.69 Å². The van der Waals surface area contributed by atoms with Crippen molar-refractivity contribution >= 4 is 30.0 Å². The van der Waals surface area contributed by atoms with Gasteiger partial charge in [-0.2, -0.15) is 0 Å². The zero-order valence-electron chi connectivity index (χ0n) is 14.5. The molecule has 0 bridgehead atoms. The molecule has 1 aromatic rings. The number of benzene rings is 1. The van der Waals surface area contributed by atoms with Gasteiger partial charge in [0.2, 0.25) is 0 Å². The number of halogens is 1.